The molecule has 0 fully saturated rings. The summed E-state index contributed by atoms with van der Waals surface area (Å²) in [4.78, 5) is 0. The van der Waals surface area contributed by atoms with Crippen molar-refractivity contribution in [1.29, 1.82) is 0 Å². The predicted molar refractivity (Wildman–Crippen MR) is 77.7 cm³/mol. The Hall–Kier alpha value is -1.67. The number of aryl methyl sites for hydroxylation is 1. The van der Waals surface area contributed by atoms with Gasteiger partial charge in [0.1, 0.15) is 5.82 Å². The van der Waals surface area contributed by atoms with Crippen molar-refractivity contribution in [2.45, 2.75) is 25.8 Å². The van der Waals surface area contributed by atoms with Gasteiger partial charge in [-0.15, -0.1) is 0 Å². The maximum Gasteiger partial charge on any atom is 0.126 e. The Labute approximate surface area is 114 Å². The minimum Gasteiger partial charge on any atom is -0.313 e. The average Bonchev–Trinajstić information content (AvgIpc) is 2.46. The molecule has 0 aliphatic rings. The van der Waals surface area contributed by atoms with Gasteiger partial charge in [-0.2, -0.15) is 0 Å². The maximum absolute atomic E-state index is 13.8. The van der Waals surface area contributed by atoms with Gasteiger partial charge in [0, 0.05) is 6.04 Å². The molecule has 1 N–H and O–H groups in total. The van der Waals surface area contributed by atoms with E-state index in [1.54, 1.807) is 6.07 Å². The third-order valence-corrected chi connectivity index (χ3v) is 3.54. The molecule has 2 aromatic rings. The number of hydrogen-bond donors (Lipinski definition) is 1. The Morgan fingerprint density at radius 2 is 1.63 bits per heavy atom. The Balaban J connectivity index is 2.28. The topological polar surface area (TPSA) is 12.0 Å². The van der Waals surface area contributed by atoms with Gasteiger partial charge in [-0.1, -0.05) is 49.4 Å². The van der Waals surface area contributed by atoms with Crippen molar-refractivity contribution in [1.82, 2.24) is 5.32 Å². The number of halogens is 1. The summed E-state index contributed by atoms with van der Waals surface area (Å²) in [6.07, 6.45) is 1.66. The largest absolute Gasteiger partial charge is 0.313 e. The van der Waals surface area contributed by atoms with Crippen molar-refractivity contribution < 1.29 is 4.39 Å². The zero-order chi connectivity index (χ0) is 13.7. The van der Waals surface area contributed by atoms with Gasteiger partial charge < -0.3 is 5.32 Å². The molecule has 2 rings (SSSR count). The summed E-state index contributed by atoms with van der Waals surface area (Å²) in [5, 5.41) is 3.30. The molecule has 2 heteroatoms. The molecule has 0 aliphatic heterocycles. The molecule has 0 saturated carbocycles. The Kier molecular flexibility index (Phi) is 4.69. The second-order valence-corrected chi connectivity index (χ2v) is 4.69. The van der Waals surface area contributed by atoms with Crippen LogP contribution in [0, 0.1) is 5.82 Å². The smallest absolute Gasteiger partial charge is 0.126 e. The van der Waals surface area contributed by atoms with Crippen LogP contribution in [0.15, 0.2) is 48.5 Å². The number of rotatable bonds is 5. The number of nitrogens with one attached hydrogen (secondary N) is 1. The third-order valence-electron chi connectivity index (χ3n) is 3.54. The van der Waals surface area contributed by atoms with Gasteiger partial charge in [0.15, 0.2) is 0 Å². The second-order valence-electron chi connectivity index (χ2n) is 4.69. The Morgan fingerprint density at radius 3 is 2.26 bits per heavy atom. The van der Waals surface area contributed by atoms with Crippen molar-refractivity contribution in [2.75, 3.05) is 7.05 Å². The first-order valence-corrected chi connectivity index (χ1v) is 6.74. The third kappa shape index (κ3) is 3.21. The van der Waals surface area contributed by atoms with E-state index in [1.165, 1.54) is 17.2 Å². The molecule has 0 amide bonds. The molecule has 0 saturated heterocycles. The summed E-state index contributed by atoms with van der Waals surface area (Å²) in [5.41, 5.74) is 3.33. The van der Waals surface area contributed by atoms with Crippen LogP contribution in [-0.2, 0) is 12.8 Å². The Morgan fingerprint density at radius 1 is 1.00 bits per heavy atom. The average molecular weight is 257 g/mol. The predicted octanol–water partition coefficient (Wildman–Crippen LogP) is 3.89. The standard InChI is InChI=1S/C17H20FN/c1-3-13-8-4-6-10-15(13)17(19-2)12-14-9-5-7-11-16(14)18/h4-11,17,19H,3,12H2,1-2H3. The highest BCUT2D eigenvalue weighted by atomic mass is 19.1. The maximum atomic E-state index is 13.8. The molecule has 0 aliphatic carbocycles. The quantitative estimate of drug-likeness (QED) is 0.857. The molecule has 1 atom stereocenters. The van der Waals surface area contributed by atoms with E-state index in [2.05, 4.69) is 30.4 Å². The number of hydrogen-bond acceptors (Lipinski definition) is 1. The summed E-state index contributed by atoms with van der Waals surface area (Å²) >= 11 is 0. The van der Waals surface area contributed by atoms with Gasteiger partial charge in [0.05, 0.1) is 0 Å². The minimum absolute atomic E-state index is 0.128. The van der Waals surface area contributed by atoms with Gasteiger partial charge in [0.2, 0.25) is 0 Å². The molecule has 100 valence electrons. The summed E-state index contributed by atoms with van der Waals surface area (Å²) < 4.78 is 13.8. The van der Waals surface area contributed by atoms with Crippen LogP contribution in [0.2, 0.25) is 0 Å². The molecule has 1 unspecified atom stereocenters. The van der Waals surface area contributed by atoms with Crippen molar-refractivity contribution in [3.63, 3.8) is 0 Å². The van der Waals surface area contributed by atoms with Crippen LogP contribution in [0.3, 0.4) is 0 Å². The van der Waals surface area contributed by atoms with Gasteiger partial charge in [-0.25, -0.2) is 4.39 Å². The summed E-state index contributed by atoms with van der Waals surface area (Å²) in [6.45, 7) is 2.15. The molecule has 0 bridgehead atoms. The molecule has 19 heavy (non-hydrogen) atoms. The number of likely N-dealkylation sites (N-methyl/N-ethyl adjacent to an activating group) is 1. The van der Waals surface area contributed by atoms with E-state index in [0.29, 0.717) is 6.42 Å². The lowest BCUT2D eigenvalue weighted by atomic mass is 9.93. The van der Waals surface area contributed by atoms with E-state index >= 15 is 0 Å². The van der Waals surface area contributed by atoms with Gasteiger partial charge in [-0.3, -0.25) is 0 Å². The molecule has 2 aromatic carbocycles. The van der Waals surface area contributed by atoms with E-state index in [9.17, 15) is 4.39 Å². The van der Waals surface area contributed by atoms with E-state index in [-0.39, 0.29) is 11.9 Å². The van der Waals surface area contributed by atoms with Crippen molar-refractivity contribution in [3.8, 4) is 0 Å². The molecule has 0 aromatic heterocycles. The SMILES string of the molecule is CCc1ccccc1C(Cc1ccccc1F)NC. The molecule has 0 heterocycles. The van der Waals surface area contributed by atoms with E-state index in [4.69, 9.17) is 0 Å². The van der Waals surface area contributed by atoms with Crippen LogP contribution < -0.4 is 5.32 Å². The van der Waals surface area contributed by atoms with E-state index in [1.807, 2.05) is 25.2 Å². The van der Waals surface area contributed by atoms with Crippen molar-refractivity contribution in [3.05, 3.63) is 71.0 Å². The zero-order valence-corrected chi connectivity index (χ0v) is 11.5. The lowest BCUT2D eigenvalue weighted by Gasteiger charge is -2.20. The molecule has 1 nitrogen and oxygen atoms in total. The first kappa shape index (κ1) is 13.8. The van der Waals surface area contributed by atoms with Crippen molar-refractivity contribution in [2.24, 2.45) is 0 Å². The highest BCUT2D eigenvalue weighted by molar-refractivity contribution is 5.32. The summed E-state index contributed by atoms with van der Waals surface area (Å²) in [7, 11) is 1.93. The first-order valence-electron chi connectivity index (χ1n) is 6.74. The first-order chi connectivity index (χ1) is 9.26. The fourth-order valence-corrected chi connectivity index (χ4v) is 2.45. The van der Waals surface area contributed by atoms with Crippen LogP contribution in [0.25, 0.3) is 0 Å². The lowest BCUT2D eigenvalue weighted by molar-refractivity contribution is 0.551. The minimum atomic E-state index is -0.128. The van der Waals surface area contributed by atoms with Crippen LogP contribution in [0.4, 0.5) is 4.39 Å². The highest BCUT2D eigenvalue weighted by Gasteiger charge is 2.14. The van der Waals surface area contributed by atoms with E-state index in [0.717, 1.165) is 12.0 Å². The van der Waals surface area contributed by atoms with E-state index < -0.39 is 0 Å². The van der Waals surface area contributed by atoms with Gasteiger partial charge in [0.25, 0.3) is 0 Å². The van der Waals surface area contributed by atoms with Crippen LogP contribution >= 0.6 is 0 Å². The molecule has 0 radical (unpaired) electrons. The van der Waals surface area contributed by atoms with Crippen LogP contribution in [0.1, 0.15) is 29.7 Å². The normalized spacial score (nSPS) is 12.4. The lowest BCUT2D eigenvalue weighted by Crippen LogP contribution is -2.20. The Bertz CT molecular complexity index is 536. The van der Waals surface area contributed by atoms with Gasteiger partial charge >= 0.3 is 0 Å². The summed E-state index contributed by atoms with van der Waals surface area (Å²) in [6, 6.07) is 15.5. The highest BCUT2D eigenvalue weighted by Crippen LogP contribution is 2.23. The molecular weight excluding hydrogens is 237 g/mol. The summed E-state index contributed by atoms with van der Waals surface area (Å²) in [5.74, 6) is -0.128. The monoisotopic (exact) mass is 257 g/mol. The second kappa shape index (κ2) is 6.48. The fourth-order valence-electron chi connectivity index (χ4n) is 2.45. The fraction of sp³-hybridized carbons (Fsp3) is 0.294. The molecular formula is C17H20FN. The number of benzene rings is 2. The van der Waals surface area contributed by atoms with Crippen LogP contribution in [0.5, 0.6) is 0 Å². The molecule has 0 spiro atoms. The van der Waals surface area contributed by atoms with Gasteiger partial charge in [-0.05, 0) is 42.6 Å². The van der Waals surface area contributed by atoms with Crippen molar-refractivity contribution >= 4 is 0 Å². The van der Waals surface area contributed by atoms with Crippen LogP contribution in [-0.4, -0.2) is 7.05 Å². The zero-order valence-electron chi connectivity index (χ0n) is 11.5.